The topological polar surface area (TPSA) is 58.2 Å². The van der Waals surface area contributed by atoms with Crippen LogP contribution in [0.1, 0.15) is 31.1 Å². The Morgan fingerprint density at radius 1 is 1.32 bits per heavy atom. The normalized spacial score (nSPS) is 19.4. The van der Waals surface area contributed by atoms with Gasteiger partial charge in [0, 0.05) is 0 Å². The lowest BCUT2D eigenvalue weighted by Gasteiger charge is -2.15. The number of thioether (sulfide) groups is 1. The van der Waals surface area contributed by atoms with Crippen molar-refractivity contribution in [3.05, 3.63) is 59.8 Å². The first-order valence-electron chi connectivity index (χ1n) is 8.04. The van der Waals surface area contributed by atoms with Crippen LogP contribution in [-0.2, 0) is 11.3 Å². The molecule has 0 spiro atoms. The monoisotopic (exact) mass is 359 g/mol. The van der Waals surface area contributed by atoms with E-state index in [0.717, 1.165) is 18.4 Å². The van der Waals surface area contributed by atoms with E-state index in [0.29, 0.717) is 17.5 Å². The second-order valence-corrected chi connectivity index (χ2v) is 6.76. The van der Waals surface area contributed by atoms with Gasteiger partial charge in [0.2, 0.25) is 5.91 Å². The molecular formula is C18H18FN3O2S. The Kier molecular flexibility index (Phi) is 5.65. The number of carbonyl (C=O) groups is 1. The number of benzene rings is 1. The summed E-state index contributed by atoms with van der Waals surface area (Å²) in [5.74, 6) is 0.309. The Hall–Kier alpha value is -2.41. The minimum atomic E-state index is -0.299. The summed E-state index contributed by atoms with van der Waals surface area (Å²) in [7, 11) is 0. The summed E-state index contributed by atoms with van der Waals surface area (Å²) in [6, 6.07) is 9.65. The molecule has 3 rings (SSSR count). The maximum Gasteiger partial charge on any atom is 0.242 e. The maximum absolute atomic E-state index is 13.1. The number of nitrogens with zero attached hydrogens (tertiary/aromatic N) is 3. The van der Waals surface area contributed by atoms with E-state index in [2.05, 4.69) is 10.2 Å². The van der Waals surface area contributed by atoms with Gasteiger partial charge in [0.25, 0.3) is 0 Å². The van der Waals surface area contributed by atoms with Crippen molar-refractivity contribution in [1.82, 2.24) is 4.90 Å². The van der Waals surface area contributed by atoms with Gasteiger partial charge in [-0.25, -0.2) is 4.39 Å². The molecule has 1 aliphatic rings. The Bertz CT molecular complexity index is 772. The van der Waals surface area contributed by atoms with E-state index < -0.39 is 0 Å². The average Bonchev–Trinajstić information content (AvgIpc) is 3.21. The lowest BCUT2D eigenvalue weighted by molar-refractivity contribution is -0.126. The molecule has 1 atom stereocenters. The molecule has 0 saturated carbocycles. The zero-order chi connectivity index (χ0) is 17.6. The lowest BCUT2D eigenvalue weighted by Crippen LogP contribution is -2.31. The van der Waals surface area contributed by atoms with Crippen LogP contribution in [0.3, 0.4) is 0 Å². The molecule has 130 valence electrons. The summed E-state index contributed by atoms with van der Waals surface area (Å²) >= 11 is 1.42. The molecule has 0 bridgehead atoms. The van der Waals surface area contributed by atoms with Crippen LogP contribution < -0.4 is 0 Å². The van der Waals surface area contributed by atoms with E-state index >= 15 is 0 Å². The lowest BCUT2D eigenvalue weighted by atomic mass is 10.2. The molecule has 0 aliphatic carbocycles. The summed E-state index contributed by atoms with van der Waals surface area (Å²) in [4.78, 5) is 14.3. The summed E-state index contributed by atoms with van der Waals surface area (Å²) in [5, 5.41) is 8.62. The fraction of sp³-hybridized carbons (Fsp3) is 0.278. The van der Waals surface area contributed by atoms with Gasteiger partial charge in [-0.15, -0.1) is 5.10 Å². The number of amidine groups is 1. The van der Waals surface area contributed by atoms with Crippen molar-refractivity contribution < 1.29 is 13.6 Å². The fourth-order valence-corrected chi connectivity index (χ4v) is 3.66. The highest BCUT2D eigenvalue weighted by Crippen LogP contribution is 2.31. The molecule has 1 fully saturated rings. The van der Waals surface area contributed by atoms with Crippen molar-refractivity contribution in [3.63, 3.8) is 0 Å². The third-order valence-corrected chi connectivity index (χ3v) is 4.93. The highest BCUT2D eigenvalue weighted by molar-refractivity contribution is 8.15. The molecule has 5 nitrogen and oxygen atoms in total. The number of hydrogen-bond donors (Lipinski definition) is 0. The average molecular weight is 359 g/mol. The zero-order valence-corrected chi connectivity index (χ0v) is 14.6. The van der Waals surface area contributed by atoms with E-state index in [4.69, 9.17) is 4.42 Å². The van der Waals surface area contributed by atoms with Crippen LogP contribution >= 0.6 is 11.8 Å². The number of amides is 1. The summed E-state index contributed by atoms with van der Waals surface area (Å²) in [5.41, 5.74) is 0.843. The highest BCUT2D eigenvalue weighted by Gasteiger charge is 2.37. The number of rotatable bonds is 6. The minimum absolute atomic E-state index is 0.0168. The van der Waals surface area contributed by atoms with Gasteiger partial charge < -0.3 is 4.42 Å². The molecule has 1 aliphatic heterocycles. The summed E-state index contributed by atoms with van der Waals surface area (Å²) < 4.78 is 18.3. The predicted octanol–water partition coefficient (Wildman–Crippen LogP) is 4.05. The predicted molar refractivity (Wildman–Crippen MR) is 97.0 cm³/mol. The van der Waals surface area contributed by atoms with Gasteiger partial charge in [-0.3, -0.25) is 9.69 Å². The molecule has 2 heterocycles. The SMILES string of the molecule is CCC[C@H]1S/C(=N\N=C/c2ccco2)N(Cc2ccc(F)cc2)C1=O. The third kappa shape index (κ3) is 4.36. The van der Waals surface area contributed by atoms with E-state index in [-0.39, 0.29) is 17.0 Å². The van der Waals surface area contributed by atoms with E-state index in [1.165, 1.54) is 30.1 Å². The molecule has 0 N–H and O–H groups in total. The van der Waals surface area contributed by atoms with Gasteiger partial charge >= 0.3 is 0 Å². The quantitative estimate of drug-likeness (QED) is 0.577. The third-order valence-electron chi connectivity index (χ3n) is 3.70. The summed E-state index contributed by atoms with van der Waals surface area (Å²) in [6.45, 7) is 2.39. The molecule has 25 heavy (non-hydrogen) atoms. The van der Waals surface area contributed by atoms with E-state index in [1.54, 1.807) is 35.4 Å². The van der Waals surface area contributed by atoms with Gasteiger partial charge in [-0.1, -0.05) is 37.2 Å². The molecule has 1 saturated heterocycles. The van der Waals surface area contributed by atoms with Crippen molar-refractivity contribution in [1.29, 1.82) is 0 Å². The highest BCUT2D eigenvalue weighted by atomic mass is 32.2. The molecule has 0 radical (unpaired) electrons. The number of hydrogen-bond acceptors (Lipinski definition) is 5. The first-order valence-corrected chi connectivity index (χ1v) is 8.92. The van der Waals surface area contributed by atoms with Gasteiger partial charge in [-0.2, -0.15) is 5.10 Å². The number of halogens is 1. The molecule has 1 aromatic carbocycles. The smallest absolute Gasteiger partial charge is 0.242 e. The van der Waals surface area contributed by atoms with Gasteiger partial charge in [0.15, 0.2) is 5.17 Å². The van der Waals surface area contributed by atoms with Crippen molar-refractivity contribution in [2.24, 2.45) is 10.2 Å². The molecular weight excluding hydrogens is 341 g/mol. The van der Waals surface area contributed by atoms with Crippen LogP contribution in [0.2, 0.25) is 0 Å². The first kappa shape index (κ1) is 17.4. The van der Waals surface area contributed by atoms with Gasteiger partial charge in [0.05, 0.1) is 24.3 Å². The van der Waals surface area contributed by atoms with Crippen LogP contribution in [0.5, 0.6) is 0 Å². The molecule has 1 amide bonds. The van der Waals surface area contributed by atoms with Crippen molar-refractivity contribution >= 4 is 29.1 Å². The van der Waals surface area contributed by atoms with Crippen LogP contribution in [0.15, 0.2) is 57.3 Å². The minimum Gasteiger partial charge on any atom is -0.463 e. The molecule has 2 aromatic rings. The van der Waals surface area contributed by atoms with Gasteiger partial charge in [0.1, 0.15) is 11.6 Å². The number of carbonyl (C=O) groups excluding carboxylic acids is 1. The van der Waals surface area contributed by atoms with E-state index in [9.17, 15) is 9.18 Å². The van der Waals surface area contributed by atoms with Crippen LogP contribution in [0, 0.1) is 5.82 Å². The van der Waals surface area contributed by atoms with Crippen molar-refractivity contribution in [2.45, 2.75) is 31.6 Å². The molecule has 0 unspecified atom stereocenters. The number of furan rings is 1. The van der Waals surface area contributed by atoms with E-state index in [1.807, 2.05) is 6.92 Å². The van der Waals surface area contributed by atoms with Gasteiger partial charge in [-0.05, 0) is 36.2 Å². The maximum atomic E-state index is 13.1. The largest absolute Gasteiger partial charge is 0.463 e. The zero-order valence-electron chi connectivity index (χ0n) is 13.8. The standard InChI is InChI=1S/C18H18FN3O2S/c1-2-4-16-17(23)22(12-13-6-8-14(19)9-7-13)18(25-16)21-20-11-15-5-3-10-24-15/h3,5-11,16H,2,4,12H2,1H3/b20-11-,21-18-/t16-/m1/s1. The fourth-order valence-electron chi connectivity index (χ4n) is 2.45. The van der Waals surface area contributed by atoms with Crippen LogP contribution in [-0.4, -0.2) is 27.4 Å². The van der Waals surface area contributed by atoms with Crippen LogP contribution in [0.25, 0.3) is 0 Å². The molecule has 1 aromatic heterocycles. The Balaban J connectivity index is 1.79. The van der Waals surface area contributed by atoms with Crippen molar-refractivity contribution in [2.75, 3.05) is 0 Å². The Morgan fingerprint density at radius 2 is 2.12 bits per heavy atom. The second kappa shape index (κ2) is 8.11. The first-order chi connectivity index (χ1) is 12.2. The van der Waals surface area contributed by atoms with Crippen LogP contribution in [0.4, 0.5) is 4.39 Å². The Labute approximate surface area is 149 Å². The van der Waals surface area contributed by atoms with Crippen molar-refractivity contribution in [3.8, 4) is 0 Å². The second-order valence-electron chi connectivity index (χ2n) is 5.59. The molecule has 7 heteroatoms. The summed E-state index contributed by atoms with van der Waals surface area (Å²) in [6.07, 6.45) is 4.75. The Morgan fingerprint density at radius 3 is 2.80 bits per heavy atom.